The number of nitrogens with one attached hydrogen (secondary N) is 1. The summed E-state index contributed by atoms with van der Waals surface area (Å²) in [7, 11) is -2.95. The van der Waals surface area contributed by atoms with Crippen LogP contribution < -0.4 is 5.32 Å². The van der Waals surface area contributed by atoms with Crippen molar-refractivity contribution in [3.8, 4) is 0 Å². The molecule has 1 aromatic carbocycles. The Morgan fingerprint density at radius 2 is 2.11 bits per heavy atom. The molecule has 0 heterocycles. The number of hydrogen-bond donors (Lipinski definition) is 1. The molecule has 0 radical (unpaired) electrons. The van der Waals surface area contributed by atoms with Gasteiger partial charge in [0.1, 0.15) is 9.84 Å². The van der Waals surface area contributed by atoms with Crippen molar-refractivity contribution in [2.75, 3.05) is 11.6 Å². The van der Waals surface area contributed by atoms with Gasteiger partial charge >= 0.3 is 0 Å². The third kappa shape index (κ3) is 4.10. The fraction of sp³-hybridized carbons (Fsp3) is 0.538. The fourth-order valence-electron chi connectivity index (χ4n) is 2.49. The van der Waals surface area contributed by atoms with Crippen molar-refractivity contribution in [3.63, 3.8) is 0 Å². The first-order valence-corrected chi connectivity index (χ1v) is 9.39. The Bertz CT molecular complexity index is 562. The molecule has 0 saturated heterocycles. The lowest BCUT2D eigenvalue weighted by Crippen LogP contribution is -2.34. The number of benzene rings is 1. The van der Waals surface area contributed by atoms with E-state index in [0.29, 0.717) is 11.4 Å². The van der Waals surface area contributed by atoms with Gasteiger partial charge in [-0.15, -0.1) is 0 Å². The molecule has 6 heteroatoms. The Labute approximate surface area is 127 Å². The molecule has 3 nitrogen and oxygen atoms in total. The molecule has 1 aromatic rings. The summed E-state index contributed by atoms with van der Waals surface area (Å²) in [6.07, 6.45) is 4.67. The zero-order chi connectivity index (χ0) is 14.0. The van der Waals surface area contributed by atoms with Crippen LogP contribution in [0.2, 0.25) is 5.02 Å². The predicted molar refractivity (Wildman–Crippen MR) is 83.7 cm³/mol. The Morgan fingerprint density at radius 3 is 2.74 bits per heavy atom. The summed E-state index contributed by atoms with van der Waals surface area (Å²) in [5.41, 5.74) is 0.865. The number of hydrogen-bond acceptors (Lipinski definition) is 3. The number of sulfone groups is 1. The van der Waals surface area contributed by atoms with Crippen LogP contribution in [0.1, 0.15) is 25.7 Å². The molecule has 1 aliphatic rings. The van der Waals surface area contributed by atoms with Gasteiger partial charge in [0, 0.05) is 16.8 Å². The van der Waals surface area contributed by atoms with Gasteiger partial charge in [-0.25, -0.2) is 8.42 Å². The maximum atomic E-state index is 11.6. The van der Waals surface area contributed by atoms with E-state index in [9.17, 15) is 8.42 Å². The predicted octanol–water partition coefficient (Wildman–Crippen LogP) is 3.87. The van der Waals surface area contributed by atoms with Gasteiger partial charge in [0.15, 0.2) is 0 Å². The minimum Gasteiger partial charge on any atom is -0.381 e. The van der Waals surface area contributed by atoms with Crippen LogP contribution in [-0.4, -0.2) is 26.0 Å². The average molecular weight is 367 g/mol. The largest absolute Gasteiger partial charge is 0.381 e. The van der Waals surface area contributed by atoms with Crippen molar-refractivity contribution < 1.29 is 8.42 Å². The van der Waals surface area contributed by atoms with Gasteiger partial charge in [-0.05, 0) is 37.5 Å². The molecule has 1 saturated carbocycles. The average Bonchev–Trinajstić information content (AvgIpc) is 2.32. The molecule has 19 heavy (non-hydrogen) atoms. The maximum absolute atomic E-state index is 11.6. The SMILES string of the molecule is CS(=O)(=O)C1CCCC(Nc2ccc(Br)cc2Cl)C1. The van der Waals surface area contributed by atoms with Crippen molar-refractivity contribution in [1.29, 1.82) is 0 Å². The van der Waals surface area contributed by atoms with Crippen molar-refractivity contribution in [2.24, 2.45) is 0 Å². The zero-order valence-corrected chi connectivity index (χ0v) is 13.9. The second-order valence-electron chi connectivity index (χ2n) is 5.08. The summed E-state index contributed by atoms with van der Waals surface area (Å²) in [4.78, 5) is 0. The third-order valence-corrected chi connectivity index (χ3v) is 5.97. The highest BCUT2D eigenvalue weighted by molar-refractivity contribution is 9.10. The summed E-state index contributed by atoms with van der Waals surface area (Å²) in [6, 6.07) is 5.84. The molecule has 0 spiro atoms. The molecule has 2 rings (SSSR count). The van der Waals surface area contributed by atoms with Crippen molar-refractivity contribution in [2.45, 2.75) is 37.0 Å². The topological polar surface area (TPSA) is 46.2 Å². The molecule has 2 unspecified atom stereocenters. The van der Waals surface area contributed by atoms with Gasteiger partial charge in [-0.2, -0.15) is 0 Å². The molecular formula is C13H17BrClNO2S. The fourth-order valence-corrected chi connectivity index (χ4v) is 4.40. The Morgan fingerprint density at radius 1 is 1.37 bits per heavy atom. The van der Waals surface area contributed by atoms with Gasteiger partial charge < -0.3 is 5.32 Å². The molecule has 1 aliphatic carbocycles. The molecular weight excluding hydrogens is 350 g/mol. The summed E-state index contributed by atoms with van der Waals surface area (Å²) in [5, 5.41) is 3.78. The lowest BCUT2D eigenvalue weighted by molar-refractivity contribution is 0.453. The van der Waals surface area contributed by atoms with Gasteiger partial charge in [0.25, 0.3) is 0 Å². The number of rotatable bonds is 3. The van der Waals surface area contributed by atoms with Gasteiger partial charge in [0.2, 0.25) is 0 Å². The summed E-state index contributed by atoms with van der Waals surface area (Å²) >= 11 is 9.53. The van der Waals surface area contributed by atoms with E-state index in [1.54, 1.807) is 0 Å². The lowest BCUT2D eigenvalue weighted by atomic mass is 9.95. The smallest absolute Gasteiger partial charge is 0.150 e. The summed E-state index contributed by atoms with van der Waals surface area (Å²) < 4.78 is 24.2. The molecule has 0 bridgehead atoms. The van der Waals surface area contributed by atoms with Crippen molar-refractivity contribution in [1.82, 2.24) is 0 Å². The molecule has 1 N–H and O–H groups in total. The van der Waals surface area contributed by atoms with E-state index in [-0.39, 0.29) is 11.3 Å². The van der Waals surface area contributed by atoms with Crippen molar-refractivity contribution >= 4 is 43.1 Å². The first kappa shape index (κ1) is 15.1. The second-order valence-corrected chi connectivity index (χ2v) is 8.73. The van der Waals surface area contributed by atoms with Crippen LogP contribution in [0.4, 0.5) is 5.69 Å². The number of anilines is 1. The van der Waals surface area contributed by atoms with E-state index >= 15 is 0 Å². The van der Waals surface area contributed by atoms with E-state index < -0.39 is 9.84 Å². The van der Waals surface area contributed by atoms with Crippen LogP contribution in [0, 0.1) is 0 Å². The Balaban J connectivity index is 2.07. The Kier molecular flexibility index (Phi) is 4.79. The molecule has 1 fully saturated rings. The maximum Gasteiger partial charge on any atom is 0.150 e. The molecule has 0 aliphatic heterocycles. The van der Waals surface area contributed by atoms with E-state index in [0.717, 1.165) is 29.4 Å². The van der Waals surface area contributed by atoms with Crippen LogP contribution in [0.3, 0.4) is 0 Å². The monoisotopic (exact) mass is 365 g/mol. The third-order valence-electron chi connectivity index (χ3n) is 3.52. The summed E-state index contributed by atoms with van der Waals surface area (Å²) in [6.45, 7) is 0. The van der Waals surface area contributed by atoms with Crippen molar-refractivity contribution in [3.05, 3.63) is 27.7 Å². The quantitative estimate of drug-likeness (QED) is 0.883. The van der Waals surface area contributed by atoms with Gasteiger partial charge in [-0.3, -0.25) is 0 Å². The molecule has 106 valence electrons. The highest BCUT2D eigenvalue weighted by Crippen LogP contribution is 2.30. The van der Waals surface area contributed by atoms with Gasteiger partial charge in [-0.1, -0.05) is 34.0 Å². The van der Waals surface area contributed by atoms with E-state index in [1.165, 1.54) is 6.26 Å². The minimum absolute atomic E-state index is 0.173. The normalized spacial score (nSPS) is 24.2. The van der Waals surface area contributed by atoms with Gasteiger partial charge in [0.05, 0.1) is 16.0 Å². The first-order valence-electron chi connectivity index (χ1n) is 6.26. The van der Waals surface area contributed by atoms with Crippen LogP contribution in [0.5, 0.6) is 0 Å². The number of halogens is 2. The van der Waals surface area contributed by atoms with Crippen LogP contribution in [0.15, 0.2) is 22.7 Å². The van der Waals surface area contributed by atoms with Crippen LogP contribution >= 0.6 is 27.5 Å². The first-order chi connectivity index (χ1) is 8.86. The molecule has 0 amide bonds. The van der Waals surface area contributed by atoms with E-state index in [4.69, 9.17) is 11.6 Å². The molecule has 2 atom stereocenters. The van der Waals surface area contributed by atoms with E-state index in [2.05, 4.69) is 21.2 Å². The second kappa shape index (κ2) is 6.02. The van der Waals surface area contributed by atoms with Crippen LogP contribution in [-0.2, 0) is 9.84 Å². The summed E-state index contributed by atoms with van der Waals surface area (Å²) in [5.74, 6) is 0. The molecule has 0 aromatic heterocycles. The highest BCUT2D eigenvalue weighted by Gasteiger charge is 2.28. The standard InChI is InChI=1S/C13H17BrClNO2S/c1-19(17,18)11-4-2-3-10(8-11)16-13-6-5-9(14)7-12(13)15/h5-7,10-11,16H,2-4,8H2,1H3. The van der Waals surface area contributed by atoms with E-state index in [1.807, 2.05) is 18.2 Å². The zero-order valence-electron chi connectivity index (χ0n) is 10.7. The Hall–Kier alpha value is -0.260. The van der Waals surface area contributed by atoms with Crippen LogP contribution in [0.25, 0.3) is 0 Å². The lowest BCUT2D eigenvalue weighted by Gasteiger charge is -2.29. The highest BCUT2D eigenvalue weighted by atomic mass is 79.9. The minimum atomic E-state index is -2.95.